The summed E-state index contributed by atoms with van der Waals surface area (Å²) < 4.78 is 11.0. The Morgan fingerprint density at radius 3 is 2.47 bits per heavy atom. The summed E-state index contributed by atoms with van der Waals surface area (Å²) in [5.41, 5.74) is 0. The van der Waals surface area contributed by atoms with Crippen molar-refractivity contribution in [3.63, 3.8) is 0 Å². The van der Waals surface area contributed by atoms with Crippen LogP contribution in [-0.2, 0) is 16.0 Å². The van der Waals surface area contributed by atoms with Crippen LogP contribution in [0, 0.1) is 23.7 Å². The first-order valence-electron chi connectivity index (χ1n) is 5.78. The topological polar surface area (TPSA) is 40.1 Å². The molecule has 0 N–H and O–H groups in total. The standard InChI is InChI=1S/C12H22O2S/c1-8(2)11-6-10(5-9(11)3)7-12(13)15(4)14/h8-11H,5-7H2,1-4H3. The zero-order valence-electron chi connectivity index (χ0n) is 10.2. The highest BCUT2D eigenvalue weighted by Gasteiger charge is 2.35. The number of hydrogen-bond donors (Lipinski definition) is 0. The van der Waals surface area contributed by atoms with Crippen LogP contribution in [0.1, 0.15) is 40.0 Å². The van der Waals surface area contributed by atoms with E-state index >= 15 is 0 Å². The summed E-state index contributed by atoms with van der Waals surface area (Å²) in [6.07, 6.45) is 4.28. The Morgan fingerprint density at radius 2 is 2.07 bits per heavy atom. The van der Waals surface area contributed by atoms with E-state index in [-0.39, 0.29) is 5.12 Å². The van der Waals surface area contributed by atoms with Crippen molar-refractivity contribution >= 4 is 16.3 Å². The fourth-order valence-corrected chi connectivity index (χ4v) is 3.33. The SMILES string of the molecule is CC(C)C1CC(CC(=O)[S+](C)[O-])CC1C. The molecule has 1 rings (SSSR count). The zero-order valence-corrected chi connectivity index (χ0v) is 11.0. The lowest BCUT2D eigenvalue weighted by atomic mass is 9.87. The van der Waals surface area contributed by atoms with E-state index in [0.29, 0.717) is 24.2 Å². The van der Waals surface area contributed by atoms with Crippen LogP contribution in [0.4, 0.5) is 0 Å². The van der Waals surface area contributed by atoms with E-state index < -0.39 is 11.2 Å². The quantitative estimate of drug-likeness (QED) is 0.699. The average molecular weight is 230 g/mol. The molecule has 15 heavy (non-hydrogen) atoms. The zero-order chi connectivity index (χ0) is 11.6. The molecule has 2 nitrogen and oxygen atoms in total. The second-order valence-corrected chi connectivity index (χ2v) is 6.62. The molecule has 0 bridgehead atoms. The summed E-state index contributed by atoms with van der Waals surface area (Å²) in [5.74, 6) is 2.64. The molecule has 0 spiro atoms. The Kier molecular flexibility index (Phi) is 4.65. The van der Waals surface area contributed by atoms with Gasteiger partial charge in [-0.3, -0.25) is 0 Å². The van der Waals surface area contributed by atoms with Crippen molar-refractivity contribution in [1.29, 1.82) is 0 Å². The third-order valence-corrected chi connectivity index (χ3v) is 4.48. The Bertz CT molecular complexity index is 226. The molecule has 0 aromatic heterocycles. The number of hydrogen-bond acceptors (Lipinski definition) is 2. The molecule has 1 saturated carbocycles. The van der Waals surface area contributed by atoms with Crippen LogP contribution in [0.5, 0.6) is 0 Å². The molecule has 4 atom stereocenters. The molecule has 1 fully saturated rings. The molecule has 0 amide bonds. The molecule has 1 aliphatic carbocycles. The molecular weight excluding hydrogens is 208 g/mol. The maximum atomic E-state index is 11.4. The van der Waals surface area contributed by atoms with Gasteiger partial charge < -0.3 is 4.55 Å². The van der Waals surface area contributed by atoms with Crippen LogP contribution in [0.15, 0.2) is 0 Å². The van der Waals surface area contributed by atoms with Gasteiger partial charge in [0.15, 0.2) is 0 Å². The minimum Gasteiger partial charge on any atom is -0.609 e. The molecule has 0 aliphatic heterocycles. The van der Waals surface area contributed by atoms with Crippen molar-refractivity contribution in [3.05, 3.63) is 0 Å². The van der Waals surface area contributed by atoms with Gasteiger partial charge in [-0.05, 0) is 36.5 Å². The maximum absolute atomic E-state index is 11.4. The normalized spacial score (nSPS) is 33.3. The summed E-state index contributed by atoms with van der Waals surface area (Å²) >= 11 is -1.28. The number of carbonyl (C=O) groups is 1. The summed E-state index contributed by atoms with van der Waals surface area (Å²) in [4.78, 5) is 11.4. The van der Waals surface area contributed by atoms with Crippen LogP contribution in [0.3, 0.4) is 0 Å². The van der Waals surface area contributed by atoms with Gasteiger partial charge in [0.05, 0.1) is 6.42 Å². The molecular formula is C12H22O2S. The molecule has 1 aliphatic rings. The first-order chi connectivity index (χ1) is 6.91. The monoisotopic (exact) mass is 230 g/mol. The molecule has 4 unspecified atom stereocenters. The lowest BCUT2D eigenvalue weighted by Gasteiger charge is -2.18. The highest BCUT2D eigenvalue weighted by atomic mass is 32.2. The van der Waals surface area contributed by atoms with Gasteiger partial charge in [-0.15, -0.1) is 0 Å². The van der Waals surface area contributed by atoms with Crippen LogP contribution in [-0.4, -0.2) is 15.9 Å². The van der Waals surface area contributed by atoms with Gasteiger partial charge in [-0.1, -0.05) is 20.8 Å². The minimum absolute atomic E-state index is 0.0726. The molecule has 0 radical (unpaired) electrons. The van der Waals surface area contributed by atoms with E-state index in [1.54, 1.807) is 0 Å². The van der Waals surface area contributed by atoms with Crippen molar-refractivity contribution in [2.75, 3.05) is 6.26 Å². The Labute approximate surface area is 96.0 Å². The second kappa shape index (κ2) is 5.35. The lowest BCUT2D eigenvalue weighted by Crippen LogP contribution is -2.16. The van der Waals surface area contributed by atoms with Gasteiger partial charge in [0.1, 0.15) is 6.26 Å². The van der Waals surface area contributed by atoms with Crippen molar-refractivity contribution in [2.45, 2.75) is 40.0 Å². The first-order valence-corrected chi connectivity index (χ1v) is 7.33. The van der Waals surface area contributed by atoms with Crippen LogP contribution in [0.25, 0.3) is 0 Å². The smallest absolute Gasteiger partial charge is 0.328 e. The summed E-state index contributed by atoms with van der Waals surface area (Å²) in [5, 5.41) is -0.0726. The van der Waals surface area contributed by atoms with Crippen LogP contribution < -0.4 is 0 Å². The van der Waals surface area contributed by atoms with E-state index in [0.717, 1.165) is 18.8 Å². The average Bonchev–Trinajstić information content (AvgIpc) is 2.46. The molecule has 88 valence electrons. The van der Waals surface area contributed by atoms with Crippen molar-refractivity contribution in [3.8, 4) is 0 Å². The minimum atomic E-state index is -1.28. The number of carbonyl (C=O) groups excluding carboxylic acids is 1. The van der Waals surface area contributed by atoms with E-state index in [2.05, 4.69) is 20.8 Å². The third kappa shape index (κ3) is 3.49. The highest BCUT2D eigenvalue weighted by Crippen LogP contribution is 2.41. The van der Waals surface area contributed by atoms with Crippen molar-refractivity contribution in [1.82, 2.24) is 0 Å². The van der Waals surface area contributed by atoms with E-state index in [4.69, 9.17) is 0 Å². The van der Waals surface area contributed by atoms with Gasteiger partial charge >= 0.3 is 5.12 Å². The fraction of sp³-hybridized carbons (Fsp3) is 0.917. The van der Waals surface area contributed by atoms with Gasteiger partial charge in [0.2, 0.25) is 0 Å². The fourth-order valence-electron chi connectivity index (χ4n) is 2.86. The Hall–Kier alpha value is -0.0200. The van der Waals surface area contributed by atoms with Gasteiger partial charge in [-0.2, -0.15) is 0 Å². The first kappa shape index (κ1) is 13.0. The molecule has 3 heteroatoms. The highest BCUT2D eigenvalue weighted by molar-refractivity contribution is 8.05. The van der Waals surface area contributed by atoms with E-state index in [9.17, 15) is 9.35 Å². The van der Waals surface area contributed by atoms with Crippen molar-refractivity contribution < 1.29 is 9.35 Å². The van der Waals surface area contributed by atoms with Gasteiger partial charge in [0, 0.05) is 11.2 Å². The molecule has 0 saturated heterocycles. The van der Waals surface area contributed by atoms with Gasteiger partial charge in [-0.25, -0.2) is 4.79 Å². The van der Waals surface area contributed by atoms with Crippen LogP contribution >= 0.6 is 0 Å². The van der Waals surface area contributed by atoms with Crippen molar-refractivity contribution in [2.24, 2.45) is 23.7 Å². The third-order valence-electron chi connectivity index (χ3n) is 3.67. The summed E-state index contributed by atoms with van der Waals surface area (Å²) in [6, 6.07) is 0. The molecule has 0 heterocycles. The predicted octanol–water partition coefficient (Wildman–Crippen LogP) is 2.60. The number of rotatable bonds is 3. The maximum Gasteiger partial charge on any atom is 0.328 e. The Morgan fingerprint density at radius 1 is 1.47 bits per heavy atom. The summed E-state index contributed by atoms with van der Waals surface area (Å²) in [7, 11) is 0. The largest absolute Gasteiger partial charge is 0.609 e. The van der Waals surface area contributed by atoms with E-state index in [1.807, 2.05) is 0 Å². The lowest BCUT2D eigenvalue weighted by molar-refractivity contribution is -0.112. The van der Waals surface area contributed by atoms with E-state index in [1.165, 1.54) is 6.26 Å². The van der Waals surface area contributed by atoms with Crippen LogP contribution in [0.2, 0.25) is 0 Å². The molecule has 0 aromatic rings. The predicted molar refractivity (Wildman–Crippen MR) is 63.9 cm³/mol. The summed E-state index contributed by atoms with van der Waals surface area (Å²) in [6.45, 7) is 6.78. The van der Waals surface area contributed by atoms with Gasteiger partial charge in [0.25, 0.3) is 0 Å². The molecule has 0 aromatic carbocycles. The second-order valence-electron chi connectivity index (χ2n) is 5.25. The Balaban J connectivity index is 2.45.